The third-order valence-electron chi connectivity index (χ3n) is 1.91. The number of aromatic nitrogens is 1. The third kappa shape index (κ3) is 2.29. The molecule has 0 saturated carbocycles. The first-order valence-electron chi connectivity index (χ1n) is 4.49. The van der Waals surface area contributed by atoms with Crippen LogP contribution in [0.25, 0.3) is 11.1 Å². The van der Waals surface area contributed by atoms with Gasteiger partial charge in [-0.3, -0.25) is 0 Å². The molecule has 0 amide bonds. The smallest absolute Gasteiger partial charge is 0.309 e. The van der Waals surface area contributed by atoms with E-state index in [4.69, 9.17) is 10.7 Å². The molecule has 70 valence electrons. The first kappa shape index (κ1) is 10.2. The lowest BCUT2D eigenvalue weighted by molar-refractivity contribution is -0.576. The number of nitriles is 1. The van der Waals surface area contributed by atoms with Crippen LogP contribution in [0.5, 0.6) is 0 Å². The maximum atomic E-state index is 8.62. The molecule has 0 N–H and O–H groups in total. The highest BCUT2D eigenvalue weighted by Gasteiger charge is 2.05. The number of allylic oxidation sites excluding steroid dienone is 1. The van der Waals surface area contributed by atoms with Crippen molar-refractivity contribution < 1.29 is 4.57 Å². The predicted molar refractivity (Wildman–Crippen MR) is 54.3 cm³/mol. The Morgan fingerprint density at radius 2 is 2.14 bits per heavy atom. The summed E-state index contributed by atoms with van der Waals surface area (Å²) in [6, 6.07) is 5.70. The average Bonchev–Trinajstić information content (AvgIpc) is 2.23. The molecule has 1 rings (SSSR count). The molecule has 0 aromatic carbocycles. The van der Waals surface area contributed by atoms with Crippen LogP contribution >= 0.6 is 0 Å². The number of aryl methyl sites for hydroxylation is 1. The fraction of sp³-hybridized carbons (Fsp3) is 0.273. The number of nitrogens with zero attached hydrogens (tertiary/aromatic N) is 3. The minimum absolute atomic E-state index is 0.0908. The van der Waals surface area contributed by atoms with Gasteiger partial charge in [0.05, 0.1) is 0 Å². The minimum atomic E-state index is 0.0908. The minimum Gasteiger partial charge on any atom is -0.757 e. The Kier molecular flexibility index (Phi) is 3.60. The van der Waals surface area contributed by atoms with Gasteiger partial charge < -0.3 is 5.41 Å². The van der Waals surface area contributed by atoms with Crippen molar-refractivity contribution in [2.45, 2.75) is 19.8 Å². The van der Waals surface area contributed by atoms with E-state index < -0.39 is 0 Å². The first-order chi connectivity index (χ1) is 6.81. The van der Waals surface area contributed by atoms with Gasteiger partial charge in [-0.2, -0.15) is 15.7 Å². The van der Waals surface area contributed by atoms with Crippen LogP contribution in [0, 0.1) is 11.3 Å². The molecule has 0 aliphatic carbocycles. The molecule has 3 heteroatoms. The van der Waals surface area contributed by atoms with Gasteiger partial charge in [0.1, 0.15) is 0 Å². The van der Waals surface area contributed by atoms with Crippen LogP contribution < -0.4 is 4.57 Å². The molecule has 0 aliphatic heterocycles. The van der Waals surface area contributed by atoms with Crippen molar-refractivity contribution >= 4 is 11.6 Å². The standard InChI is InChI=1S/C11H11N3/c1-2-3-10-4-6-14(7-5-10)11(8-12)9-13/h4-7H,2-3H2,1H3. The quantitative estimate of drug-likeness (QED) is 0.400. The molecule has 1 aromatic rings. The Balaban J connectivity index is 2.95. The molecule has 1 heterocycles. The van der Waals surface area contributed by atoms with Gasteiger partial charge in [0.15, 0.2) is 18.5 Å². The number of hydrogen-bond acceptors (Lipinski definition) is 1. The van der Waals surface area contributed by atoms with Gasteiger partial charge >= 0.3 is 5.70 Å². The van der Waals surface area contributed by atoms with Crippen LogP contribution in [0.4, 0.5) is 0 Å². The Morgan fingerprint density at radius 3 is 2.57 bits per heavy atom. The maximum Gasteiger partial charge on any atom is 0.309 e. The van der Waals surface area contributed by atoms with E-state index in [1.54, 1.807) is 12.4 Å². The lowest BCUT2D eigenvalue weighted by Crippen LogP contribution is -2.30. The maximum absolute atomic E-state index is 8.62. The zero-order valence-electron chi connectivity index (χ0n) is 8.07. The van der Waals surface area contributed by atoms with Crippen LogP contribution in [0.2, 0.25) is 0 Å². The highest BCUT2D eigenvalue weighted by Crippen LogP contribution is 1.99. The summed E-state index contributed by atoms with van der Waals surface area (Å²) in [5, 5.41) is 17.2. The zero-order chi connectivity index (χ0) is 10.4. The summed E-state index contributed by atoms with van der Waals surface area (Å²) >= 11 is 0. The number of hydrogen-bond donors (Lipinski definition) is 0. The molecular formula is C11H11N3. The van der Waals surface area contributed by atoms with E-state index in [-0.39, 0.29) is 5.70 Å². The lowest BCUT2D eigenvalue weighted by Gasteiger charge is -1.96. The topological polar surface area (TPSA) is 50.0 Å². The molecule has 0 atom stereocenters. The summed E-state index contributed by atoms with van der Waals surface area (Å²) in [4.78, 5) is 0. The van der Waals surface area contributed by atoms with Gasteiger partial charge in [-0.05, 0) is 12.0 Å². The van der Waals surface area contributed by atoms with Crippen molar-refractivity contribution in [2.75, 3.05) is 0 Å². The van der Waals surface area contributed by atoms with Crippen LogP contribution in [-0.2, 0) is 6.42 Å². The fourth-order valence-corrected chi connectivity index (χ4v) is 1.20. The van der Waals surface area contributed by atoms with Gasteiger partial charge in [0.2, 0.25) is 0 Å². The first-order valence-corrected chi connectivity index (χ1v) is 4.49. The molecule has 0 radical (unpaired) electrons. The molecule has 14 heavy (non-hydrogen) atoms. The Bertz CT molecular complexity index is 392. The number of rotatable bonds is 3. The van der Waals surface area contributed by atoms with E-state index in [0.717, 1.165) is 12.8 Å². The van der Waals surface area contributed by atoms with E-state index in [0.29, 0.717) is 0 Å². The summed E-state index contributed by atoms with van der Waals surface area (Å²) in [6.45, 7) is 2.11. The van der Waals surface area contributed by atoms with Crippen molar-refractivity contribution in [3.63, 3.8) is 0 Å². The summed E-state index contributed by atoms with van der Waals surface area (Å²) < 4.78 is 1.53. The second-order valence-corrected chi connectivity index (χ2v) is 2.94. The third-order valence-corrected chi connectivity index (χ3v) is 1.91. The normalized spacial score (nSPS) is 8.86. The fourth-order valence-electron chi connectivity index (χ4n) is 1.20. The SMILES string of the molecule is CCCc1cc[n+](C(=C=[N-])C#N)cc1. The molecule has 0 unspecified atom stereocenters. The van der Waals surface area contributed by atoms with Crippen molar-refractivity contribution in [3.8, 4) is 6.07 Å². The monoisotopic (exact) mass is 185 g/mol. The van der Waals surface area contributed by atoms with E-state index in [1.807, 2.05) is 24.1 Å². The molecular weight excluding hydrogens is 174 g/mol. The molecule has 0 bridgehead atoms. The summed E-state index contributed by atoms with van der Waals surface area (Å²) in [5.41, 5.74) is 1.31. The Morgan fingerprint density at radius 1 is 1.50 bits per heavy atom. The van der Waals surface area contributed by atoms with Crippen LogP contribution in [0.15, 0.2) is 24.5 Å². The van der Waals surface area contributed by atoms with E-state index in [9.17, 15) is 0 Å². The average molecular weight is 185 g/mol. The lowest BCUT2D eigenvalue weighted by atomic mass is 10.1. The highest BCUT2D eigenvalue weighted by molar-refractivity contribution is 5.84. The molecule has 0 aliphatic rings. The summed E-state index contributed by atoms with van der Waals surface area (Å²) in [5.74, 6) is 1.84. The molecule has 3 nitrogen and oxygen atoms in total. The summed E-state index contributed by atoms with van der Waals surface area (Å²) in [7, 11) is 0. The van der Waals surface area contributed by atoms with Crippen molar-refractivity contribution in [1.29, 1.82) is 5.26 Å². The second-order valence-electron chi connectivity index (χ2n) is 2.94. The van der Waals surface area contributed by atoms with Crippen molar-refractivity contribution in [2.24, 2.45) is 0 Å². The van der Waals surface area contributed by atoms with Crippen molar-refractivity contribution in [3.05, 3.63) is 35.5 Å². The van der Waals surface area contributed by atoms with Crippen LogP contribution in [0.1, 0.15) is 18.9 Å². The molecule has 0 spiro atoms. The van der Waals surface area contributed by atoms with Crippen LogP contribution in [0.3, 0.4) is 0 Å². The largest absolute Gasteiger partial charge is 0.757 e. The molecule has 0 fully saturated rings. The summed E-state index contributed by atoms with van der Waals surface area (Å²) in [6.07, 6.45) is 5.60. The van der Waals surface area contributed by atoms with Gasteiger partial charge in [-0.15, -0.1) is 0 Å². The van der Waals surface area contributed by atoms with E-state index in [2.05, 4.69) is 6.92 Å². The predicted octanol–water partition coefficient (Wildman–Crippen LogP) is 1.53. The number of pyridine rings is 1. The zero-order valence-corrected chi connectivity index (χ0v) is 8.07. The molecule has 1 aromatic heterocycles. The van der Waals surface area contributed by atoms with E-state index in [1.165, 1.54) is 10.1 Å². The van der Waals surface area contributed by atoms with Crippen LogP contribution in [-0.4, -0.2) is 5.87 Å². The molecule has 0 saturated heterocycles. The van der Waals surface area contributed by atoms with Gasteiger partial charge in [-0.1, -0.05) is 13.3 Å². The van der Waals surface area contributed by atoms with Gasteiger partial charge in [0.25, 0.3) is 0 Å². The van der Waals surface area contributed by atoms with E-state index >= 15 is 0 Å². The van der Waals surface area contributed by atoms with Gasteiger partial charge in [-0.25, -0.2) is 0 Å². The second kappa shape index (κ2) is 4.96. The Hall–Kier alpha value is -1.91. The van der Waals surface area contributed by atoms with Gasteiger partial charge in [0, 0.05) is 12.1 Å². The Labute approximate surface area is 83.4 Å². The highest BCUT2D eigenvalue weighted by atomic mass is 14.9. The van der Waals surface area contributed by atoms with Crippen molar-refractivity contribution in [1.82, 2.24) is 0 Å².